The van der Waals surface area contributed by atoms with Gasteiger partial charge < -0.3 is 20.3 Å². The fraction of sp³-hybridized carbons (Fsp3) is 0.400. The third-order valence-corrected chi connectivity index (χ3v) is 7.40. The number of amides is 1. The van der Waals surface area contributed by atoms with Crippen molar-refractivity contribution in [1.82, 2.24) is 19.8 Å². The Morgan fingerprint density at radius 2 is 1.93 bits per heavy atom. The summed E-state index contributed by atoms with van der Waals surface area (Å²) in [6, 6.07) is 9.46. The molecule has 0 aliphatic carbocycles. The first-order valence-corrected chi connectivity index (χ1v) is 13.5. The third-order valence-electron chi connectivity index (χ3n) is 7.40. The molecule has 11 heteroatoms. The van der Waals surface area contributed by atoms with Crippen LogP contribution in [0.25, 0.3) is 11.1 Å². The molecule has 1 atom stereocenters. The van der Waals surface area contributed by atoms with E-state index < -0.39 is 17.9 Å². The summed E-state index contributed by atoms with van der Waals surface area (Å²) in [6.45, 7) is 7.77. The summed E-state index contributed by atoms with van der Waals surface area (Å²) in [5.41, 5.74) is 7.30. The molecule has 0 radical (unpaired) electrons. The van der Waals surface area contributed by atoms with Gasteiger partial charge in [0, 0.05) is 36.5 Å². The molecule has 0 unspecified atom stereocenters. The summed E-state index contributed by atoms with van der Waals surface area (Å²) in [5, 5.41) is 9.38. The number of aromatic nitrogens is 2. The Hall–Kier alpha value is -4.17. The lowest BCUT2D eigenvalue weighted by atomic mass is 9.86. The Morgan fingerprint density at radius 1 is 1.20 bits per heavy atom. The largest absolute Gasteiger partial charge is 0.492 e. The van der Waals surface area contributed by atoms with E-state index in [1.807, 2.05) is 27.8 Å². The van der Waals surface area contributed by atoms with Gasteiger partial charge in [-0.2, -0.15) is 18.4 Å². The highest BCUT2D eigenvalue weighted by molar-refractivity contribution is 5.99. The van der Waals surface area contributed by atoms with Crippen LogP contribution in [0.2, 0.25) is 0 Å². The van der Waals surface area contributed by atoms with Crippen LogP contribution in [0.4, 0.5) is 19.0 Å². The maximum atomic E-state index is 14.1. The Labute approximate surface area is 237 Å². The number of pyridine rings is 2. The smallest absolute Gasteiger partial charge is 0.434 e. The lowest BCUT2D eigenvalue weighted by Gasteiger charge is -2.35. The quantitative estimate of drug-likeness (QED) is 0.376. The number of rotatable bonds is 9. The van der Waals surface area contributed by atoms with Gasteiger partial charge in [0.25, 0.3) is 5.91 Å². The van der Waals surface area contributed by atoms with Crippen LogP contribution in [0, 0.1) is 11.3 Å². The van der Waals surface area contributed by atoms with Crippen LogP contribution in [0.3, 0.4) is 0 Å². The Kier molecular flexibility index (Phi) is 8.83. The van der Waals surface area contributed by atoms with E-state index >= 15 is 0 Å². The maximum absolute atomic E-state index is 14.1. The van der Waals surface area contributed by atoms with E-state index in [1.165, 1.54) is 18.3 Å². The topological polar surface area (TPSA) is 108 Å². The molecule has 0 saturated carbocycles. The predicted octanol–water partition coefficient (Wildman–Crippen LogP) is 5.27. The first-order chi connectivity index (χ1) is 19.5. The van der Waals surface area contributed by atoms with Crippen LogP contribution >= 0.6 is 0 Å². The second kappa shape index (κ2) is 12.1. The Morgan fingerprint density at radius 3 is 2.59 bits per heavy atom. The van der Waals surface area contributed by atoms with Crippen molar-refractivity contribution in [3.63, 3.8) is 0 Å². The standard InChI is InChI=1S/C30H33F3N6O2/c1-5-38(4)11-9-19-13-23(22-7-8-27(35)37-28(22)30(31,32)33)21-10-12-39(29(40)24(21)14-19)18(3)25-15-26(41-6-2)20(16-34)17-36-25/h7-8,13-15,17-18H,5-6,9-12H2,1-4H3,(H2,35,37)/t18-/m0/s1. The number of nitriles is 1. The molecule has 0 spiro atoms. The van der Waals surface area contributed by atoms with Crippen LogP contribution in [0.5, 0.6) is 5.75 Å². The summed E-state index contributed by atoms with van der Waals surface area (Å²) in [7, 11) is 1.96. The fourth-order valence-corrected chi connectivity index (χ4v) is 5.02. The van der Waals surface area contributed by atoms with Gasteiger partial charge in [-0.15, -0.1) is 0 Å². The minimum absolute atomic E-state index is 0.0990. The third kappa shape index (κ3) is 6.28. The highest BCUT2D eigenvalue weighted by Crippen LogP contribution is 2.41. The van der Waals surface area contributed by atoms with Crippen molar-refractivity contribution < 1.29 is 22.7 Å². The van der Waals surface area contributed by atoms with E-state index in [2.05, 4.69) is 20.9 Å². The number of benzene rings is 1. The molecule has 3 heterocycles. The Balaban J connectivity index is 1.80. The molecule has 8 nitrogen and oxygen atoms in total. The molecule has 2 aromatic heterocycles. The van der Waals surface area contributed by atoms with Gasteiger partial charge in [-0.25, -0.2) is 4.98 Å². The van der Waals surface area contributed by atoms with E-state index in [1.54, 1.807) is 23.1 Å². The van der Waals surface area contributed by atoms with Crippen LogP contribution in [0.15, 0.2) is 36.5 Å². The van der Waals surface area contributed by atoms with Crippen molar-refractivity contribution in [3.05, 3.63) is 70.2 Å². The molecule has 3 aromatic rings. The van der Waals surface area contributed by atoms with Gasteiger partial charge in [0.15, 0.2) is 5.69 Å². The molecule has 0 bridgehead atoms. The number of hydrogen-bond acceptors (Lipinski definition) is 7. The molecule has 1 aliphatic rings. The number of carbonyl (C=O) groups excluding carboxylic acids is 1. The lowest BCUT2D eigenvalue weighted by molar-refractivity contribution is -0.140. The average molecular weight is 567 g/mol. The van der Waals surface area contributed by atoms with E-state index in [0.717, 1.165) is 12.1 Å². The number of fused-ring (bicyclic) bond motifs is 1. The van der Waals surface area contributed by atoms with Gasteiger partial charge in [-0.1, -0.05) is 13.0 Å². The number of hydrogen-bond donors (Lipinski definition) is 1. The summed E-state index contributed by atoms with van der Waals surface area (Å²) >= 11 is 0. The molecule has 2 N–H and O–H groups in total. The summed E-state index contributed by atoms with van der Waals surface area (Å²) in [4.78, 5) is 25.8. The molecular weight excluding hydrogens is 533 g/mol. The van der Waals surface area contributed by atoms with E-state index in [-0.39, 0.29) is 23.8 Å². The number of alkyl halides is 3. The molecule has 1 aliphatic heterocycles. The molecule has 41 heavy (non-hydrogen) atoms. The van der Waals surface area contributed by atoms with E-state index in [0.29, 0.717) is 59.7 Å². The van der Waals surface area contributed by atoms with Crippen molar-refractivity contribution in [2.75, 3.05) is 39.0 Å². The van der Waals surface area contributed by atoms with Crippen molar-refractivity contribution in [2.45, 2.75) is 45.8 Å². The van der Waals surface area contributed by atoms with Crippen molar-refractivity contribution in [2.24, 2.45) is 0 Å². The molecular formula is C30H33F3N6O2. The minimum atomic E-state index is -4.73. The van der Waals surface area contributed by atoms with Crippen LogP contribution < -0.4 is 10.5 Å². The number of carbonyl (C=O) groups is 1. The van der Waals surface area contributed by atoms with Crippen LogP contribution in [0.1, 0.15) is 65.2 Å². The van der Waals surface area contributed by atoms with Crippen LogP contribution in [-0.4, -0.2) is 59.0 Å². The monoisotopic (exact) mass is 566 g/mol. The number of likely N-dealkylation sites (N-methyl/N-ethyl adjacent to an activating group) is 1. The molecule has 0 fully saturated rings. The van der Waals surface area contributed by atoms with E-state index in [9.17, 15) is 23.2 Å². The number of ether oxygens (including phenoxy) is 1. The van der Waals surface area contributed by atoms with Gasteiger partial charge in [-0.05, 0) is 75.2 Å². The first-order valence-electron chi connectivity index (χ1n) is 13.5. The lowest BCUT2D eigenvalue weighted by Crippen LogP contribution is -2.40. The molecule has 1 aromatic carbocycles. The zero-order chi connectivity index (χ0) is 29.9. The zero-order valence-electron chi connectivity index (χ0n) is 23.5. The van der Waals surface area contributed by atoms with Gasteiger partial charge >= 0.3 is 6.18 Å². The van der Waals surface area contributed by atoms with Gasteiger partial charge in [0.05, 0.1) is 18.3 Å². The van der Waals surface area contributed by atoms with Crippen molar-refractivity contribution >= 4 is 11.7 Å². The number of nitrogens with two attached hydrogens (primary N) is 1. The molecule has 4 rings (SSSR count). The summed E-state index contributed by atoms with van der Waals surface area (Å²) in [6.07, 6.45) is -2.42. The summed E-state index contributed by atoms with van der Waals surface area (Å²) < 4.78 is 47.8. The number of halogens is 3. The fourth-order valence-electron chi connectivity index (χ4n) is 5.02. The second-order valence-electron chi connectivity index (χ2n) is 10.0. The molecule has 216 valence electrons. The minimum Gasteiger partial charge on any atom is -0.492 e. The molecule has 0 saturated heterocycles. The van der Waals surface area contributed by atoms with Gasteiger partial charge in [-0.3, -0.25) is 9.78 Å². The maximum Gasteiger partial charge on any atom is 0.434 e. The van der Waals surface area contributed by atoms with Gasteiger partial charge in [0.1, 0.15) is 23.2 Å². The predicted molar refractivity (Wildman–Crippen MR) is 149 cm³/mol. The SMILES string of the molecule is CCOc1cc([C@H](C)N2CCc3c(cc(CCN(C)CC)cc3-c3ccc(N)nc3C(F)(F)F)C2=O)ncc1C#N. The number of nitrogen functional groups attached to an aromatic ring is 1. The second-order valence-corrected chi connectivity index (χ2v) is 10.0. The highest BCUT2D eigenvalue weighted by Gasteiger charge is 2.38. The van der Waals surface area contributed by atoms with Crippen molar-refractivity contribution in [3.8, 4) is 22.9 Å². The normalized spacial score (nSPS) is 14.1. The first kappa shape index (κ1) is 29.8. The Bertz CT molecular complexity index is 1480. The van der Waals surface area contributed by atoms with Crippen LogP contribution in [-0.2, 0) is 19.0 Å². The van der Waals surface area contributed by atoms with Crippen molar-refractivity contribution in [1.29, 1.82) is 5.26 Å². The average Bonchev–Trinajstić information content (AvgIpc) is 2.95. The highest BCUT2D eigenvalue weighted by atomic mass is 19.4. The zero-order valence-corrected chi connectivity index (χ0v) is 23.5. The molecule has 1 amide bonds. The van der Waals surface area contributed by atoms with E-state index in [4.69, 9.17) is 10.5 Å². The van der Waals surface area contributed by atoms with Gasteiger partial charge in [0.2, 0.25) is 0 Å². The summed E-state index contributed by atoms with van der Waals surface area (Å²) in [5.74, 6) is -0.142. The number of nitrogens with zero attached hydrogens (tertiary/aromatic N) is 5. The number of anilines is 1.